The minimum Gasteiger partial charge on any atom is -0.494 e. The second-order valence-corrected chi connectivity index (χ2v) is 20.7. The fourth-order valence-corrected chi connectivity index (χ4v) is 9.06. The highest BCUT2D eigenvalue weighted by Gasteiger charge is 2.26. The van der Waals surface area contributed by atoms with E-state index < -0.39 is 0 Å². The number of aromatic amines is 2. The van der Waals surface area contributed by atoms with E-state index >= 15 is 0 Å². The van der Waals surface area contributed by atoms with Gasteiger partial charge in [0.2, 0.25) is 11.8 Å². The topological polar surface area (TPSA) is 150 Å². The molecule has 362 valence electrons. The third-order valence-corrected chi connectivity index (χ3v) is 13.2. The number of aromatic nitrogens is 4. The van der Waals surface area contributed by atoms with E-state index in [0.29, 0.717) is 68.3 Å². The van der Waals surface area contributed by atoms with E-state index in [0.717, 1.165) is 59.4 Å². The van der Waals surface area contributed by atoms with Crippen LogP contribution in [-0.2, 0) is 10.8 Å². The minimum absolute atomic E-state index is 0.117. The molecule has 0 unspecified atom stereocenters. The summed E-state index contributed by atoms with van der Waals surface area (Å²) in [6.07, 6.45) is 14.2. The van der Waals surface area contributed by atoms with Crippen LogP contribution < -0.4 is 20.2 Å². The Labute approximate surface area is 412 Å². The zero-order chi connectivity index (χ0) is 49.4. The van der Waals surface area contributed by atoms with Gasteiger partial charge in [-0.05, 0) is 119 Å². The lowest BCUT2D eigenvalue weighted by molar-refractivity contribution is 0.304. The average molecular weight is 937 g/mol. The molecule has 0 fully saturated rings. The minimum atomic E-state index is -0.117. The predicted molar refractivity (Wildman–Crippen MR) is 282 cm³/mol. The third kappa shape index (κ3) is 11.0. The quantitative estimate of drug-likeness (QED) is 0.0717. The summed E-state index contributed by atoms with van der Waals surface area (Å²) < 4.78 is 25.3. The Morgan fingerprint density at radius 2 is 0.886 bits per heavy atom. The number of oxazole rings is 2. The molecule has 0 saturated heterocycles. The Hall–Kier alpha value is -7.04. The summed E-state index contributed by atoms with van der Waals surface area (Å²) in [5, 5.41) is 24.8. The summed E-state index contributed by atoms with van der Waals surface area (Å²) in [6, 6.07) is 32.9. The van der Waals surface area contributed by atoms with Crippen LogP contribution in [0.3, 0.4) is 0 Å². The number of nitrogens with zero attached hydrogens (tertiary/aromatic N) is 4. The molecule has 0 aliphatic carbocycles. The summed E-state index contributed by atoms with van der Waals surface area (Å²) in [5.41, 5.74) is 7.88. The van der Waals surface area contributed by atoms with E-state index in [2.05, 4.69) is 77.5 Å². The molecule has 4 aromatic heterocycles. The van der Waals surface area contributed by atoms with Crippen LogP contribution in [0.15, 0.2) is 93.8 Å². The molecule has 4 heterocycles. The lowest BCUT2D eigenvalue weighted by Gasteiger charge is -2.18. The second kappa shape index (κ2) is 21.7. The Bertz CT molecular complexity index is 3060. The molecule has 0 aliphatic rings. The van der Waals surface area contributed by atoms with Gasteiger partial charge in [0, 0.05) is 10.8 Å². The fourth-order valence-electron chi connectivity index (χ4n) is 9.06. The molecule has 10 nitrogen and oxygen atoms in total. The average Bonchev–Trinajstić information content (AvgIpc) is 4.14. The maximum absolute atomic E-state index is 11.2. The number of hydrogen-bond acceptors (Lipinski definition) is 8. The first-order chi connectivity index (χ1) is 33.8. The molecule has 10 heteroatoms. The lowest BCUT2D eigenvalue weighted by atomic mass is 9.87. The first-order valence-corrected chi connectivity index (χ1v) is 25.4. The number of rotatable bonds is 20. The molecule has 0 amide bonds. The molecule has 0 spiro atoms. The van der Waals surface area contributed by atoms with Gasteiger partial charge in [0.05, 0.1) is 35.3 Å². The maximum Gasteiger partial charge on any atom is 0.240 e. The molecular formula is C60H68N6O4. The van der Waals surface area contributed by atoms with Gasteiger partial charge in [-0.2, -0.15) is 10.5 Å². The van der Waals surface area contributed by atoms with Crippen molar-refractivity contribution in [3.8, 4) is 46.2 Å². The molecule has 0 aliphatic heterocycles. The van der Waals surface area contributed by atoms with E-state index in [9.17, 15) is 10.5 Å². The van der Waals surface area contributed by atoms with E-state index in [1.165, 1.54) is 51.4 Å². The van der Waals surface area contributed by atoms with Gasteiger partial charge in [-0.1, -0.05) is 132 Å². The standard InChI is InChI=1S/C60H68N6O4/c1-9-11-13-15-17-19-33-67-43-27-21-39(22-28-43)53-51-52(56(65-53)46(38-62)58-64-48-36-42(60(6,7)8)26-32-50(48)70-58)54(40-23-29-44(30-24-40)68-34-20-18-16-14-12-10-2)66-55(51)45(37-61)57-63-47-35-41(59(3,4)5)25-31-49(47)69-57/h21-32,35-36,65-66H,9-20,33-34H2,1-8H3/b55-45-,56-46-. The zero-order valence-corrected chi connectivity index (χ0v) is 42.4. The highest BCUT2D eigenvalue weighted by atomic mass is 16.5. The number of nitriles is 2. The van der Waals surface area contributed by atoms with Crippen molar-refractivity contribution >= 4 is 44.1 Å². The predicted octanol–water partition coefficient (Wildman–Crippen LogP) is 14.6. The number of benzene rings is 4. The Balaban J connectivity index is 1.33. The summed E-state index contributed by atoms with van der Waals surface area (Å²) in [7, 11) is 0. The van der Waals surface area contributed by atoms with E-state index in [1.54, 1.807) is 0 Å². The normalized spacial score (nSPS) is 12.9. The van der Waals surface area contributed by atoms with Gasteiger partial charge in [-0.25, -0.2) is 9.97 Å². The number of ether oxygens (including phenoxy) is 2. The Kier molecular flexibility index (Phi) is 15.3. The van der Waals surface area contributed by atoms with Crippen LogP contribution in [0, 0.1) is 22.7 Å². The summed E-state index contributed by atoms with van der Waals surface area (Å²) >= 11 is 0. The van der Waals surface area contributed by atoms with Gasteiger partial charge >= 0.3 is 0 Å². The van der Waals surface area contributed by atoms with E-state index in [-0.39, 0.29) is 33.8 Å². The number of H-pyrrole nitrogens is 2. The third-order valence-electron chi connectivity index (χ3n) is 13.2. The van der Waals surface area contributed by atoms with Crippen molar-refractivity contribution in [1.82, 2.24) is 19.9 Å². The monoisotopic (exact) mass is 937 g/mol. The van der Waals surface area contributed by atoms with Gasteiger partial charge in [0.25, 0.3) is 0 Å². The second-order valence-electron chi connectivity index (χ2n) is 20.7. The number of nitrogens with one attached hydrogen (secondary N) is 2. The van der Waals surface area contributed by atoms with Crippen LogP contribution >= 0.6 is 0 Å². The first kappa shape index (κ1) is 49.4. The summed E-state index contributed by atoms with van der Waals surface area (Å²) in [5.74, 6) is 1.90. The van der Waals surface area contributed by atoms with Crippen LogP contribution in [0.25, 0.3) is 66.6 Å². The lowest BCUT2D eigenvalue weighted by Crippen LogP contribution is -2.11. The van der Waals surface area contributed by atoms with Gasteiger partial charge in [-0.3, -0.25) is 0 Å². The molecule has 0 radical (unpaired) electrons. The first-order valence-electron chi connectivity index (χ1n) is 25.4. The van der Waals surface area contributed by atoms with Gasteiger partial charge in [-0.15, -0.1) is 0 Å². The molecule has 8 rings (SSSR count). The summed E-state index contributed by atoms with van der Waals surface area (Å²) in [4.78, 5) is 17.3. The smallest absolute Gasteiger partial charge is 0.240 e. The van der Waals surface area contributed by atoms with Crippen LogP contribution in [0.4, 0.5) is 0 Å². The molecule has 0 saturated carbocycles. The SMILES string of the molecule is CCCCCCCCOc1ccc(-c2[nH]/c(=C(/C#N)c3nc4cc(C(C)(C)C)ccc4o3)c3c(-c4ccc(OCCCCCCCC)cc4)[nH]/c(=C(/C#N)c4nc5cc(C(C)(C)C)ccc5o4)c23)cc1. The molecular weight excluding hydrogens is 869 g/mol. The van der Waals surface area contributed by atoms with Crippen LogP contribution in [-0.4, -0.2) is 33.1 Å². The van der Waals surface area contributed by atoms with Gasteiger partial charge < -0.3 is 28.3 Å². The number of fused-ring (bicyclic) bond motifs is 3. The highest BCUT2D eigenvalue weighted by molar-refractivity contribution is 6.07. The fraction of sp³-hybridized carbons (Fsp3) is 0.400. The molecule has 0 atom stereocenters. The van der Waals surface area contributed by atoms with E-state index in [4.69, 9.17) is 28.3 Å². The van der Waals surface area contributed by atoms with Crippen LogP contribution in [0.2, 0.25) is 0 Å². The van der Waals surface area contributed by atoms with Crippen molar-refractivity contribution < 1.29 is 18.3 Å². The molecule has 8 aromatic rings. The van der Waals surface area contributed by atoms with Gasteiger partial charge in [0.1, 0.15) is 45.8 Å². The van der Waals surface area contributed by atoms with Crippen LogP contribution in [0.5, 0.6) is 11.5 Å². The Morgan fingerprint density at radius 3 is 1.24 bits per heavy atom. The summed E-state index contributed by atoms with van der Waals surface area (Å²) in [6.45, 7) is 18.7. The maximum atomic E-state index is 11.2. The van der Waals surface area contributed by atoms with Crippen molar-refractivity contribution in [3.05, 3.63) is 119 Å². The van der Waals surface area contributed by atoms with Crippen molar-refractivity contribution in [3.63, 3.8) is 0 Å². The van der Waals surface area contributed by atoms with Crippen molar-refractivity contribution in [2.24, 2.45) is 0 Å². The Morgan fingerprint density at radius 1 is 0.514 bits per heavy atom. The van der Waals surface area contributed by atoms with Gasteiger partial charge in [0.15, 0.2) is 11.2 Å². The van der Waals surface area contributed by atoms with Crippen LogP contribution in [0.1, 0.15) is 155 Å². The highest BCUT2D eigenvalue weighted by Crippen LogP contribution is 2.35. The largest absolute Gasteiger partial charge is 0.494 e. The van der Waals surface area contributed by atoms with Crippen molar-refractivity contribution in [1.29, 1.82) is 10.5 Å². The number of hydrogen-bond donors (Lipinski definition) is 2. The van der Waals surface area contributed by atoms with Crippen molar-refractivity contribution in [2.45, 2.75) is 143 Å². The molecule has 70 heavy (non-hydrogen) atoms. The molecule has 2 N–H and O–H groups in total. The van der Waals surface area contributed by atoms with E-state index in [1.807, 2.05) is 84.9 Å². The van der Waals surface area contributed by atoms with Crippen molar-refractivity contribution in [2.75, 3.05) is 13.2 Å². The number of unbranched alkanes of at least 4 members (excludes halogenated alkanes) is 10. The molecule has 0 bridgehead atoms. The zero-order valence-electron chi connectivity index (χ0n) is 42.4. The molecule has 4 aromatic carbocycles.